The number of aromatic nitrogens is 4. The van der Waals surface area contributed by atoms with Crippen molar-refractivity contribution in [3.8, 4) is 34.0 Å². The summed E-state index contributed by atoms with van der Waals surface area (Å²) in [6.45, 7) is 5.04. The predicted molar refractivity (Wildman–Crippen MR) is 119 cm³/mol. The Morgan fingerprint density at radius 1 is 1.32 bits per heavy atom. The van der Waals surface area contributed by atoms with E-state index >= 15 is 0 Å². The van der Waals surface area contributed by atoms with Crippen molar-refractivity contribution in [1.82, 2.24) is 19.9 Å². The maximum Gasteiger partial charge on any atom is 0.242 e. The van der Waals surface area contributed by atoms with Crippen LogP contribution in [0.4, 0.5) is 11.5 Å². The highest BCUT2D eigenvalue weighted by Crippen LogP contribution is 2.36. The Hall–Kier alpha value is -3.29. The van der Waals surface area contributed by atoms with E-state index in [0.29, 0.717) is 34.5 Å². The number of pyridine rings is 1. The lowest BCUT2D eigenvalue weighted by atomic mass is 9.90. The number of methoxy groups -OCH3 is 1. The quantitative estimate of drug-likeness (QED) is 0.618. The molecular formula is C21H23N7O2S. The van der Waals surface area contributed by atoms with Crippen molar-refractivity contribution in [3.05, 3.63) is 29.4 Å². The minimum atomic E-state index is -0.774. The van der Waals surface area contributed by atoms with Crippen LogP contribution in [0.3, 0.4) is 0 Å². The van der Waals surface area contributed by atoms with Crippen LogP contribution in [-0.4, -0.2) is 50.8 Å². The smallest absolute Gasteiger partial charge is 0.242 e. The van der Waals surface area contributed by atoms with Gasteiger partial charge in [-0.15, -0.1) is 11.3 Å². The zero-order valence-electron chi connectivity index (χ0n) is 17.5. The Labute approximate surface area is 184 Å². The molecule has 1 aliphatic rings. The topological polar surface area (TPSA) is 134 Å². The molecule has 4 rings (SSSR count). The number of hydrogen-bond donors (Lipinski definition) is 2. The second kappa shape index (κ2) is 8.09. The number of nitrogen functional groups attached to an aromatic ring is 1. The number of nitrogens with two attached hydrogens (primary N) is 1. The summed E-state index contributed by atoms with van der Waals surface area (Å²) in [6.07, 6.45) is 4.17. The van der Waals surface area contributed by atoms with Crippen molar-refractivity contribution in [2.24, 2.45) is 5.92 Å². The van der Waals surface area contributed by atoms with E-state index in [4.69, 9.17) is 15.5 Å². The van der Waals surface area contributed by atoms with Crippen LogP contribution in [0.2, 0.25) is 0 Å². The molecule has 4 heterocycles. The minimum Gasteiger partial charge on any atom is -0.479 e. The molecule has 1 saturated heterocycles. The molecule has 160 valence electrons. The van der Waals surface area contributed by atoms with Gasteiger partial charge in [0.25, 0.3) is 0 Å². The average Bonchev–Trinajstić information content (AvgIpc) is 3.44. The second-order valence-electron chi connectivity index (χ2n) is 7.94. The summed E-state index contributed by atoms with van der Waals surface area (Å²) in [5.41, 5.74) is 7.10. The number of nitriles is 1. The van der Waals surface area contributed by atoms with E-state index in [1.54, 1.807) is 18.5 Å². The van der Waals surface area contributed by atoms with Crippen molar-refractivity contribution in [1.29, 1.82) is 5.26 Å². The third-order valence-electron chi connectivity index (χ3n) is 5.47. The van der Waals surface area contributed by atoms with Crippen molar-refractivity contribution in [2.45, 2.75) is 25.9 Å². The lowest BCUT2D eigenvalue weighted by molar-refractivity contribution is 0.0263. The number of thiazole rings is 1. The molecule has 3 aromatic rings. The molecule has 1 unspecified atom stereocenters. The molecule has 0 aromatic carbocycles. The summed E-state index contributed by atoms with van der Waals surface area (Å²) in [7, 11) is 1.49. The molecule has 9 nitrogen and oxygen atoms in total. The number of nitrogens with zero attached hydrogens (tertiary/aromatic N) is 6. The number of ether oxygens (including phenoxy) is 1. The summed E-state index contributed by atoms with van der Waals surface area (Å²) in [5, 5.41) is 22.6. The minimum absolute atomic E-state index is 0.122. The van der Waals surface area contributed by atoms with E-state index in [9.17, 15) is 10.4 Å². The van der Waals surface area contributed by atoms with Gasteiger partial charge in [0.2, 0.25) is 5.88 Å². The normalized spacial score (nSPS) is 16.4. The molecule has 3 N–H and O–H groups in total. The second-order valence-corrected chi connectivity index (χ2v) is 8.84. The average molecular weight is 438 g/mol. The van der Waals surface area contributed by atoms with Crippen molar-refractivity contribution in [3.63, 3.8) is 0 Å². The van der Waals surface area contributed by atoms with Gasteiger partial charge in [-0.3, -0.25) is 0 Å². The lowest BCUT2D eigenvalue weighted by Gasteiger charge is -2.26. The fourth-order valence-corrected chi connectivity index (χ4v) is 4.28. The zero-order chi connectivity index (χ0) is 22.2. The highest BCUT2D eigenvalue weighted by Gasteiger charge is 2.34. The summed E-state index contributed by atoms with van der Waals surface area (Å²) >= 11 is 1.43. The first-order valence-electron chi connectivity index (χ1n) is 9.81. The molecule has 1 atom stereocenters. The number of hydrogen-bond acceptors (Lipinski definition) is 10. The first-order valence-corrected chi connectivity index (χ1v) is 10.7. The highest BCUT2D eigenvalue weighted by atomic mass is 32.1. The van der Waals surface area contributed by atoms with Crippen LogP contribution < -0.4 is 15.4 Å². The van der Waals surface area contributed by atoms with Gasteiger partial charge < -0.3 is 20.5 Å². The van der Waals surface area contributed by atoms with E-state index in [2.05, 4.69) is 25.9 Å². The Bertz CT molecular complexity index is 1140. The monoisotopic (exact) mass is 437 g/mol. The van der Waals surface area contributed by atoms with E-state index in [0.717, 1.165) is 13.0 Å². The van der Waals surface area contributed by atoms with Gasteiger partial charge in [-0.05, 0) is 26.3 Å². The zero-order valence-corrected chi connectivity index (χ0v) is 18.3. The van der Waals surface area contributed by atoms with E-state index in [1.165, 1.54) is 18.4 Å². The maximum absolute atomic E-state index is 10.4. The predicted octanol–water partition coefficient (Wildman–Crippen LogP) is 2.72. The van der Waals surface area contributed by atoms with E-state index < -0.39 is 5.60 Å². The molecule has 31 heavy (non-hydrogen) atoms. The van der Waals surface area contributed by atoms with E-state index in [1.807, 2.05) is 19.2 Å². The first-order chi connectivity index (χ1) is 14.8. The summed E-state index contributed by atoms with van der Waals surface area (Å²) in [4.78, 5) is 20.2. The molecule has 10 heteroatoms. The van der Waals surface area contributed by atoms with Gasteiger partial charge in [0.05, 0.1) is 24.6 Å². The van der Waals surface area contributed by atoms with Gasteiger partial charge in [0, 0.05) is 30.6 Å². The largest absolute Gasteiger partial charge is 0.479 e. The first kappa shape index (κ1) is 21.0. The maximum atomic E-state index is 10.4. The third kappa shape index (κ3) is 4.02. The highest BCUT2D eigenvalue weighted by molar-refractivity contribution is 7.13. The van der Waals surface area contributed by atoms with Gasteiger partial charge in [0.1, 0.15) is 33.8 Å². The summed E-state index contributed by atoms with van der Waals surface area (Å²) < 4.78 is 5.43. The van der Waals surface area contributed by atoms with Gasteiger partial charge in [-0.2, -0.15) is 5.26 Å². The molecule has 1 aliphatic heterocycles. The van der Waals surface area contributed by atoms with Crippen LogP contribution in [0, 0.1) is 17.2 Å². The van der Waals surface area contributed by atoms with Crippen LogP contribution in [0.15, 0.2) is 23.8 Å². The van der Waals surface area contributed by atoms with Crippen LogP contribution in [0.25, 0.3) is 22.1 Å². The summed E-state index contributed by atoms with van der Waals surface area (Å²) in [6, 6.07) is 3.77. The fraction of sp³-hybridized carbons (Fsp3) is 0.381. The van der Waals surface area contributed by atoms with Crippen molar-refractivity contribution < 1.29 is 9.84 Å². The number of rotatable bonds is 5. The van der Waals surface area contributed by atoms with Crippen LogP contribution in [0.5, 0.6) is 5.88 Å². The fourth-order valence-electron chi connectivity index (χ4n) is 3.68. The molecule has 0 spiro atoms. The van der Waals surface area contributed by atoms with Crippen molar-refractivity contribution in [2.75, 3.05) is 30.8 Å². The van der Waals surface area contributed by atoms with Gasteiger partial charge in [-0.25, -0.2) is 19.9 Å². The number of aliphatic hydroxyl groups is 1. The number of anilines is 2. The molecule has 0 saturated carbocycles. The standard InChI is InChI=1S/C21H23N7O2S/c1-21(2,29)12-4-6-28(11-12)16-10-25-19(30-3)18(27-16)17-13(9-22)14(23)8-15(26-17)20-24-5-7-31-20/h5,7-8,10,12,29H,4,6,11H2,1-3H3,(H2,23,26). The van der Waals surface area contributed by atoms with Crippen molar-refractivity contribution >= 4 is 22.8 Å². The van der Waals surface area contributed by atoms with Gasteiger partial charge >= 0.3 is 0 Å². The van der Waals surface area contributed by atoms with Gasteiger partial charge in [0.15, 0.2) is 5.69 Å². The van der Waals surface area contributed by atoms with Gasteiger partial charge in [-0.1, -0.05) is 0 Å². The molecule has 1 fully saturated rings. The molecule has 0 amide bonds. The van der Waals surface area contributed by atoms with Crippen LogP contribution >= 0.6 is 11.3 Å². The Morgan fingerprint density at radius 3 is 2.74 bits per heavy atom. The molecule has 0 bridgehead atoms. The SMILES string of the molecule is COc1ncc(N2CCC(C(C)(C)O)C2)nc1-c1nc(-c2nccs2)cc(N)c1C#N. The van der Waals surface area contributed by atoms with Crippen LogP contribution in [-0.2, 0) is 0 Å². The van der Waals surface area contributed by atoms with Crippen LogP contribution in [0.1, 0.15) is 25.8 Å². The molecular weight excluding hydrogens is 414 g/mol. The van der Waals surface area contributed by atoms with E-state index in [-0.39, 0.29) is 23.0 Å². The summed E-state index contributed by atoms with van der Waals surface area (Å²) in [5.74, 6) is 1.00. The molecule has 0 radical (unpaired) electrons. The Kier molecular flexibility index (Phi) is 5.47. The Morgan fingerprint density at radius 2 is 2.13 bits per heavy atom. The molecule has 3 aromatic heterocycles. The lowest BCUT2D eigenvalue weighted by Crippen LogP contribution is -2.33. The third-order valence-corrected chi connectivity index (χ3v) is 6.26. The molecule has 0 aliphatic carbocycles. The Balaban J connectivity index is 1.81.